The Hall–Kier alpha value is -1.95. The van der Waals surface area contributed by atoms with Gasteiger partial charge in [0.25, 0.3) is 0 Å². The van der Waals surface area contributed by atoms with E-state index in [4.69, 9.17) is 0 Å². The van der Waals surface area contributed by atoms with E-state index in [-0.39, 0.29) is 0 Å². The van der Waals surface area contributed by atoms with Crippen molar-refractivity contribution >= 4 is 27.6 Å². The van der Waals surface area contributed by atoms with Gasteiger partial charge in [-0.2, -0.15) is 0 Å². The molecule has 1 heterocycles. The molecular weight excluding hydrogens is 322 g/mol. The van der Waals surface area contributed by atoms with Crippen molar-refractivity contribution in [3.05, 3.63) is 52.5 Å². The molecule has 2 aromatic rings. The molecule has 0 radical (unpaired) electrons. The molecule has 5 nitrogen and oxygen atoms in total. The average Bonchev–Trinajstić information content (AvgIpc) is 2.41. The van der Waals surface area contributed by atoms with E-state index >= 15 is 0 Å². The lowest BCUT2D eigenvalue weighted by atomic mass is 9.95. The summed E-state index contributed by atoms with van der Waals surface area (Å²) in [7, 11) is 0. The van der Waals surface area contributed by atoms with E-state index in [1.54, 1.807) is 32.2 Å². The number of carboxylic acids is 1. The van der Waals surface area contributed by atoms with Crippen LogP contribution in [0.2, 0.25) is 0 Å². The Balaban J connectivity index is 2.43. The highest BCUT2D eigenvalue weighted by molar-refractivity contribution is 9.10. The molecule has 2 N–H and O–H groups in total. The second kappa shape index (κ2) is 5.58. The van der Waals surface area contributed by atoms with Gasteiger partial charge in [0.1, 0.15) is 0 Å². The molecule has 2 rings (SSSR count). The van der Waals surface area contributed by atoms with Crippen LogP contribution in [-0.2, 0) is 10.3 Å². The predicted octanol–water partition coefficient (Wildman–Crippen LogP) is 2.96. The van der Waals surface area contributed by atoms with E-state index in [0.717, 1.165) is 4.47 Å². The first-order valence-electron chi connectivity index (χ1n) is 5.99. The Morgan fingerprint density at radius 1 is 1.25 bits per heavy atom. The second-order valence-corrected chi connectivity index (χ2v) is 5.47. The number of nitrogens with zero attached hydrogens (tertiary/aromatic N) is 2. The summed E-state index contributed by atoms with van der Waals surface area (Å²) in [6.07, 6.45) is 3.04. The number of nitrogens with one attached hydrogen (secondary N) is 1. The third-order valence-corrected chi connectivity index (χ3v) is 3.55. The highest BCUT2D eigenvalue weighted by atomic mass is 79.9. The zero-order valence-electron chi connectivity index (χ0n) is 11.1. The SMILES string of the molecule is Cc1nccnc1C(C)(Nc1ccc(Br)cc1)C(=O)O. The Morgan fingerprint density at radius 2 is 1.85 bits per heavy atom. The molecule has 0 aliphatic heterocycles. The van der Waals surface area contributed by atoms with Crippen molar-refractivity contribution in [2.24, 2.45) is 0 Å². The monoisotopic (exact) mass is 335 g/mol. The molecule has 0 aliphatic carbocycles. The van der Waals surface area contributed by atoms with Gasteiger partial charge in [-0.25, -0.2) is 4.79 Å². The number of aryl methyl sites for hydroxylation is 1. The van der Waals surface area contributed by atoms with E-state index in [9.17, 15) is 9.90 Å². The normalized spacial score (nSPS) is 13.6. The van der Waals surface area contributed by atoms with Crippen LogP contribution in [0.25, 0.3) is 0 Å². The number of benzene rings is 1. The van der Waals surface area contributed by atoms with Gasteiger partial charge in [0.05, 0.1) is 11.4 Å². The van der Waals surface area contributed by atoms with Crippen LogP contribution in [0.5, 0.6) is 0 Å². The van der Waals surface area contributed by atoms with Crippen LogP contribution in [-0.4, -0.2) is 21.0 Å². The molecule has 20 heavy (non-hydrogen) atoms. The molecule has 1 atom stereocenters. The molecule has 0 saturated heterocycles. The first kappa shape index (κ1) is 14.5. The van der Waals surface area contributed by atoms with Crippen LogP contribution in [0.15, 0.2) is 41.1 Å². The lowest BCUT2D eigenvalue weighted by Gasteiger charge is -2.27. The first-order chi connectivity index (χ1) is 9.43. The Bertz CT molecular complexity index is 631. The number of hydrogen-bond acceptors (Lipinski definition) is 4. The molecular formula is C14H14BrN3O2. The zero-order chi connectivity index (χ0) is 14.8. The summed E-state index contributed by atoms with van der Waals surface area (Å²) in [6, 6.07) is 7.29. The quantitative estimate of drug-likeness (QED) is 0.898. The molecule has 0 bridgehead atoms. The van der Waals surface area contributed by atoms with Gasteiger partial charge < -0.3 is 10.4 Å². The van der Waals surface area contributed by atoms with Crippen LogP contribution in [0.3, 0.4) is 0 Å². The summed E-state index contributed by atoms with van der Waals surface area (Å²) in [4.78, 5) is 20.0. The average molecular weight is 336 g/mol. The van der Waals surface area contributed by atoms with Gasteiger partial charge in [-0.15, -0.1) is 0 Å². The van der Waals surface area contributed by atoms with E-state index in [1.165, 1.54) is 6.20 Å². The highest BCUT2D eigenvalue weighted by Gasteiger charge is 2.38. The smallest absolute Gasteiger partial charge is 0.335 e. The Labute approximate surface area is 125 Å². The van der Waals surface area contributed by atoms with Crippen LogP contribution in [0.1, 0.15) is 18.3 Å². The summed E-state index contributed by atoms with van der Waals surface area (Å²) < 4.78 is 0.927. The lowest BCUT2D eigenvalue weighted by Crippen LogP contribution is -2.42. The van der Waals surface area contributed by atoms with Crippen molar-refractivity contribution < 1.29 is 9.90 Å². The summed E-state index contributed by atoms with van der Waals surface area (Å²) in [5, 5.41) is 12.6. The fraction of sp³-hybridized carbons (Fsp3) is 0.214. The molecule has 1 aromatic carbocycles. The summed E-state index contributed by atoms with van der Waals surface area (Å²) in [5.41, 5.74) is 0.340. The fourth-order valence-electron chi connectivity index (χ4n) is 1.93. The van der Waals surface area contributed by atoms with Crippen molar-refractivity contribution in [2.75, 3.05) is 5.32 Å². The van der Waals surface area contributed by atoms with Crippen LogP contribution in [0, 0.1) is 6.92 Å². The lowest BCUT2D eigenvalue weighted by molar-refractivity contribution is -0.142. The molecule has 0 amide bonds. The number of carbonyl (C=O) groups is 1. The van der Waals surface area contributed by atoms with Crippen LogP contribution in [0.4, 0.5) is 5.69 Å². The number of aliphatic carboxylic acids is 1. The third kappa shape index (κ3) is 2.80. The zero-order valence-corrected chi connectivity index (χ0v) is 12.7. The largest absolute Gasteiger partial charge is 0.479 e. The van der Waals surface area contributed by atoms with Crippen molar-refractivity contribution in [1.29, 1.82) is 0 Å². The summed E-state index contributed by atoms with van der Waals surface area (Å²) in [6.45, 7) is 3.32. The van der Waals surface area contributed by atoms with Gasteiger partial charge in [0.15, 0.2) is 5.54 Å². The summed E-state index contributed by atoms with van der Waals surface area (Å²) >= 11 is 3.34. The van der Waals surface area contributed by atoms with E-state index in [1.807, 2.05) is 12.1 Å². The van der Waals surface area contributed by atoms with E-state index in [0.29, 0.717) is 17.1 Å². The molecule has 0 spiro atoms. The van der Waals surface area contributed by atoms with Crippen molar-refractivity contribution in [2.45, 2.75) is 19.4 Å². The first-order valence-corrected chi connectivity index (χ1v) is 6.78. The second-order valence-electron chi connectivity index (χ2n) is 4.55. The minimum Gasteiger partial charge on any atom is -0.479 e. The Kier molecular flexibility index (Phi) is 4.04. The van der Waals surface area contributed by atoms with E-state index in [2.05, 4.69) is 31.2 Å². The van der Waals surface area contributed by atoms with Gasteiger partial charge in [-0.05, 0) is 38.1 Å². The maximum absolute atomic E-state index is 11.7. The topological polar surface area (TPSA) is 75.1 Å². The van der Waals surface area contributed by atoms with Gasteiger partial charge in [0, 0.05) is 22.6 Å². The number of halogens is 1. The molecule has 0 saturated carbocycles. The van der Waals surface area contributed by atoms with Crippen molar-refractivity contribution in [3.63, 3.8) is 0 Å². The number of anilines is 1. The third-order valence-electron chi connectivity index (χ3n) is 3.02. The van der Waals surface area contributed by atoms with Gasteiger partial charge >= 0.3 is 5.97 Å². The minimum absolute atomic E-state index is 0.399. The maximum atomic E-state index is 11.7. The fourth-order valence-corrected chi connectivity index (χ4v) is 2.20. The van der Waals surface area contributed by atoms with Crippen molar-refractivity contribution in [1.82, 2.24) is 9.97 Å². The number of carboxylic acid groups (broad SMARTS) is 1. The predicted molar refractivity (Wildman–Crippen MR) is 79.5 cm³/mol. The van der Waals surface area contributed by atoms with E-state index < -0.39 is 11.5 Å². The van der Waals surface area contributed by atoms with Crippen LogP contribution >= 0.6 is 15.9 Å². The van der Waals surface area contributed by atoms with Gasteiger partial charge in [0.2, 0.25) is 0 Å². The Morgan fingerprint density at radius 3 is 2.40 bits per heavy atom. The number of hydrogen-bond donors (Lipinski definition) is 2. The highest BCUT2D eigenvalue weighted by Crippen LogP contribution is 2.27. The van der Waals surface area contributed by atoms with Gasteiger partial charge in [-0.3, -0.25) is 9.97 Å². The van der Waals surface area contributed by atoms with Crippen molar-refractivity contribution in [3.8, 4) is 0 Å². The molecule has 0 aliphatic rings. The maximum Gasteiger partial charge on any atom is 0.335 e. The molecule has 104 valence electrons. The van der Waals surface area contributed by atoms with Gasteiger partial charge in [-0.1, -0.05) is 15.9 Å². The molecule has 1 unspecified atom stereocenters. The number of rotatable bonds is 4. The minimum atomic E-state index is -1.34. The standard InChI is InChI=1S/C14H14BrN3O2/c1-9-12(17-8-7-16-9)14(2,13(19)20)18-11-5-3-10(15)4-6-11/h3-8,18H,1-2H3,(H,19,20). The number of aromatic nitrogens is 2. The molecule has 0 fully saturated rings. The molecule has 6 heteroatoms. The molecule has 1 aromatic heterocycles. The van der Waals surface area contributed by atoms with Crippen LogP contribution < -0.4 is 5.32 Å². The summed E-state index contributed by atoms with van der Waals surface area (Å²) in [5.74, 6) is -1.01.